The van der Waals surface area contributed by atoms with Crippen LogP contribution in [0.15, 0.2) is 29.3 Å². The van der Waals surface area contributed by atoms with Gasteiger partial charge in [0.1, 0.15) is 23.9 Å². The van der Waals surface area contributed by atoms with Gasteiger partial charge in [-0.15, -0.1) is 0 Å². The molecule has 0 radical (unpaired) electrons. The molecule has 15 nitrogen and oxygen atoms in total. The Balaban J connectivity index is 3.01. The van der Waals surface area contributed by atoms with Crippen molar-refractivity contribution in [2.75, 3.05) is 6.54 Å². The fraction of sp³-hybridized carbons (Fsp3) is 0.538. The number of nitrogens with one attached hydrogen (secondary N) is 3. The van der Waals surface area contributed by atoms with E-state index in [1.54, 1.807) is 13.8 Å². The molecule has 0 saturated carbocycles. The summed E-state index contributed by atoms with van der Waals surface area (Å²) in [6, 6.07) is 0.934. The van der Waals surface area contributed by atoms with E-state index in [9.17, 15) is 34.2 Å². The predicted molar refractivity (Wildman–Crippen MR) is 149 cm³/mol. The van der Waals surface area contributed by atoms with Crippen molar-refractivity contribution < 1.29 is 39.3 Å². The zero-order valence-electron chi connectivity index (χ0n) is 23.2. The Morgan fingerprint density at radius 1 is 0.902 bits per heavy atom. The molecule has 0 aliphatic heterocycles. The van der Waals surface area contributed by atoms with Crippen LogP contribution in [-0.4, -0.2) is 81.7 Å². The molecule has 1 aromatic carbocycles. The SMILES string of the molecule is CCC(C)C(NC(=O)C(CCC(=O)O)NC(=O)C(N)CCCN=C(N)N)C(=O)NC(Cc1ccc(O)cc1)C(=O)O. The van der Waals surface area contributed by atoms with Crippen LogP contribution in [0.1, 0.15) is 51.5 Å². The molecular formula is C26H41N7O8. The lowest BCUT2D eigenvalue weighted by molar-refractivity contribution is -0.142. The lowest BCUT2D eigenvalue weighted by Crippen LogP contribution is -2.59. The molecule has 5 unspecified atom stereocenters. The third-order valence-corrected chi connectivity index (χ3v) is 6.37. The van der Waals surface area contributed by atoms with Gasteiger partial charge in [0.05, 0.1) is 6.04 Å². The van der Waals surface area contributed by atoms with E-state index in [2.05, 4.69) is 20.9 Å². The Labute approximate surface area is 237 Å². The molecule has 15 heteroatoms. The number of phenols is 1. The highest BCUT2D eigenvalue weighted by Crippen LogP contribution is 2.13. The number of aliphatic carboxylic acids is 2. The van der Waals surface area contributed by atoms with Crippen LogP contribution in [0.25, 0.3) is 0 Å². The molecule has 0 aliphatic carbocycles. The lowest BCUT2D eigenvalue weighted by atomic mass is 9.96. The number of carboxylic acid groups (broad SMARTS) is 2. The normalized spacial score (nSPS) is 14.4. The molecule has 0 saturated heterocycles. The summed E-state index contributed by atoms with van der Waals surface area (Å²) >= 11 is 0. The number of hydrogen-bond acceptors (Lipinski definition) is 8. The summed E-state index contributed by atoms with van der Waals surface area (Å²) in [7, 11) is 0. The monoisotopic (exact) mass is 579 g/mol. The van der Waals surface area contributed by atoms with Gasteiger partial charge in [0.25, 0.3) is 0 Å². The third-order valence-electron chi connectivity index (χ3n) is 6.37. The number of guanidine groups is 1. The number of nitrogens with two attached hydrogens (primary N) is 3. The summed E-state index contributed by atoms with van der Waals surface area (Å²) in [4.78, 5) is 65.9. The molecule has 0 fully saturated rings. The average Bonchev–Trinajstić information content (AvgIpc) is 2.91. The minimum atomic E-state index is -1.34. The summed E-state index contributed by atoms with van der Waals surface area (Å²) in [6.07, 6.45) is 0.184. The molecule has 0 bridgehead atoms. The minimum Gasteiger partial charge on any atom is -0.508 e. The van der Waals surface area contributed by atoms with Gasteiger partial charge in [-0.05, 0) is 42.9 Å². The van der Waals surface area contributed by atoms with Crippen molar-refractivity contribution in [3.8, 4) is 5.75 Å². The number of benzene rings is 1. The summed E-state index contributed by atoms with van der Waals surface area (Å²) in [5, 5.41) is 35.7. The fourth-order valence-electron chi connectivity index (χ4n) is 3.75. The number of aromatic hydroxyl groups is 1. The van der Waals surface area contributed by atoms with Crippen LogP contribution in [-0.2, 0) is 30.4 Å². The van der Waals surface area contributed by atoms with Crippen LogP contribution < -0.4 is 33.2 Å². The molecule has 1 rings (SSSR count). The second-order valence-electron chi connectivity index (χ2n) is 9.69. The number of carbonyl (C=O) groups excluding carboxylic acids is 3. The molecule has 0 aliphatic rings. The van der Waals surface area contributed by atoms with Crippen molar-refractivity contribution in [2.24, 2.45) is 28.1 Å². The van der Waals surface area contributed by atoms with E-state index in [4.69, 9.17) is 22.3 Å². The van der Waals surface area contributed by atoms with E-state index in [1.165, 1.54) is 24.3 Å². The molecule has 0 heterocycles. The van der Waals surface area contributed by atoms with E-state index in [1.807, 2.05) is 0 Å². The maximum Gasteiger partial charge on any atom is 0.326 e. The average molecular weight is 580 g/mol. The predicted octanol–water partition coefficient (Wildman–Crippen LogP) is -1.23. The number of phenolic OH excluding ortho intramolecular Hbond substituents is 1. The quantitative estimate of drug-likeness (QED) is 0.0564. The van der Waals surface area contributed by atoms with Gasteiger partial charge in [-0.1, -0.05) is 32.4 Å². The first-order valence-corrected chi connectivity index (χ1v) is 13.2. The number of hydrogen-bond donors (Lipinski definition) is 9. The first-order valence-electron chi connectivity index (χ1n) is 13.2. The summed E-state index contributed by atoms with van der Waals surface area (Å²) in [5.74, 6) is -5.35. The largest absolute Gasteiger partial charge is 0.508 e. The number of rotatable bonds is 18. The first-order chi connectivity index (χ1) is 19.2. The number of aliphatic imine (C=N–C) groups is 1. The number of nitrogens with zero attached hydrogens (tertiary/aromatic N) is 1. The van der Waals surface area contributed by atoms with Gasteiger partial charge in [-0.2, -0.15) is 0 Å². The molecule has 0 aromatic heterocycles. The smallest absolute Gasteiger partial charge is 0.326 e. The fourth-order valence-corrected chi connectivity index (χ4v) is 3.75. The molecule has 12 N–H and O–H groups in total. The summed E-state index contributed by atoms with van der Waals surface area (Å²) < 4.78 is 0. The van der Waals surface area contributed by atoms with Crippen molar-refractivity contribution in [3.05, 3.63) is 29.8 Å². The zero-order valence-corrected chi connectivity index (χ0v) is 23.2. The van der Waals surface area contributed by atoms with E-state index < -0.39 is 66.2 Å². The van der Waals surface area contributed by atoms with Crippen molar-refractivity contribution >= 4 is 35.6 Å². The van der Waals surface area contributed by atoms with E-state index in [0.717, 1.165) is 0 Å². The maximum absolute atomic E-state index is 13.2. The Kier molecular flexibility index (Phi) is 14.6. The van der Waals surface area contributed by atoms with Gasteiger partial charge in [0.2, 0.25) is 17.7 Å². The zero-order chi connectivity index (χ0) is 31.1. The van der Waals surface area contributed by atoms with Crippen LogP contribution in [0, 0.1) is 5.92 Å². The Morgan fingerprint density at radius 2 is 1.51 bits per heavy atom. The highest BCUT2D eigenvalue weighted by Gasteiger charge is 2.33. The Bertz CT molecular complexity index is 1080. The van der Waals surface area contributed by atoms with Gasteiger partial charge >= 0.3 is 11.9 Å². The van der Waals surface area contributed by atoms with Gasteiger partial charge in [-0.25, -0.2) is 4.79 Å². The van der Waals surface area contributed by atoms with E-state index in [0.29, 0.717) is 18.4 Å². The van der Waals surface area contributed by atoms with Gasteiger partial charge < -0.3 is 48.5 Å². The van der Waals surface area contributed by atoms with Crippen LogP contribution in [0.2, 0.25) is 0 Å². The van der Waals surface area contributed by atoms with E-state index in [-0.39, 0.29) is 37.5 Å². The van der Waals surface area contributed by atoms with Crippen LogP contribution in [0.4, 0.5) is 0 Å². The van der Waals surface area contributed by atoms with Crippen molar-refractivity contribution in [1.29, 1.82) is 0 Å². The molecule has 1 aromatic rings. The second kappa shape index (κ2) is 17.3. The number of amides is 3. The van der Waals surface area contributed by atoms with Crippen LogP contribution >= 0.6 is 0 Å². The number of carboxylic acids is 2. The molecular weight excluding hydrogens is 538 g/mol. The first kappa shape index (κ1) is 34.6. The summed E-state index contributed by atoms with van der Waals surface area (Å²) in [5.41, 5.74) is 17.0. The van der Waals surface area contributed by atoms with Crippen molar-refractivity contribution in [3.63, 3.8) is 0 Å². The molecule has 41 heavy (non-hydrogen) atoms. The standard InChI is InChI=1S/C26H41N7O8/c1-3-14(2)21(24(39)32-19(25(40)41)13-15-6-8-16(34)9-7-15)33-23(38)18(10-11-20(35)36)31-22(37)17(27)5-4-12-30-26(28)29/h6-9,14,17-19,21,34H,3-5,10-13,27H2,1-2H3,(H,31,37)(H,32,39)(H,33,38)(H,35,36)(H,40,41)(H4,28,29,30). The van der Waals surface area contributed by atoms with Gasteiger partial charge in [0.15, 0.2) is 5.96 Å². The van der Waals surface area contributed by atoms with Gasteiger partial charge in [-0.3, -0.25) is 24.2 Å². The van der Waals surface area contributed by atoms with E-state index >= 15 is 0 Å². The van der Waals surface area contributed by atoms with Crippen molar-refractivity contribution in [2.45, 2.75) is 76.5 Å². The minimum absolute atomic E-state index is 0.000602. The Hall–Kier alpha value is -4.40. The number of carbonyl (C=O) groups is 5. The highest BCUT2D eigenvalue weighted by atomic mass is 16.4. The third kappa shape index (κ3) is 13.0. The lowest BCUT2D eigenvalue weighted by Gasteiger charge is -2.28. The van der Waals surface area contributed by atoms with Crippen LogP contribution in [0.3, 0.4) is 0 Å². The second-order valence-corrected chi connectivity index (χ2v) is 9.69. The summed E-state index contributed by atoms with van der Waals surface area (Å²) in [6.45, 7) is 3.69. The van der Waals surface area contributed by atoms with Gasteiger partial charge in [0, 0.05) is 19.4 Å². The molecule has 3 amide bonds. The molecule has 5 atom stereocenters. The maximum atomic E-state index is 13.2. The topological polar surface area (TPSA) is 273 Å². The Morgan fingerprint density at radius 3 is 2.05 bits per heavy atom. The highest BCUT2D eigenvalue weighted by molar-refractivity contribution is 5.94. The van der Waals surface area contributed by atoms with Crippen LogP contribution in [0.5, 0.6) is 5.75 Å². The molecule has 0 spiro atoms. The van der Waals surface area contributed by atoms with Crippen molar-refractivity contribution in [1.82, 2.24) is 16.0 Å². The molecule has 228 valence electrons.